The lowest BCUT2D eigenvalue weighted by Crippen LogP contribution is -2.32. The van der Waals surface area contributed by atoms with Gasteiger partial charge in [-0.1, -0.05) is 25.8 Å². The average molecular weight is 298 g/mol. The molecule has 6 heteroatoms. The van der Waals surface area contributed by atoms with E-state index < -0.39 is 15.8 Å². The van der Waals surface area contributed by atoms with Crippen molar-refractivity contribution in [3.05, 3.63) is 29.6 Å². The van der Waals surface area contributed by atoms with E-state index >= 15 is 0 Å². The highest BCUT2D eigenvalue weighted by Crippen LogP contribution is 2.20. The van der Waals surface area contributed by atoms with Gasteiger partial charge in [0, 0.05) is 13.1 Å². The van der Waals surface area contributed by atoms with Crippen LogP contribution in [0.2, 0.25) is 0 Å². The van der Waals surface area contributed by atoms with Crippen LogP contribution in [0.15, 0.2) is 23.1 Å². The van der Waals surface area contributed by atoms with Gasteiger partial charge in [-0.25, -0.2) is 12.8 Å². The van der Waals surface area contributed by atoms with Gasteiger partial charge >= 0.3 is 0 Å². The van der Waals surface area contributed by atoms with Gasteiger partial charge in [0.15, 0.2) is 0 Å². The summed E-state index contributed by atoms with van der Waals surface area (Å²) >= 11 is 0. The number of nitrogens with zero attached hydrogens (tertiary/aromatic N) is 1. The minimum Gasteiger partial charge on any atom is -0.313 e. The van der Waals surface area contributed by atoms with Gasteiger partial charge in [0.1, 0.15) is 10.7 Å². The smallest absolute Gasteiger partial charge is 0.246 e. The molecule has 20 heavy (non-hydrogen) atoms. The monoisotopic (exact) mass is 298 g/mol. The standard InChI is InChI=1S/C14H19FN2O2S/c1-4-9-17(6-3)20(18,19)14-10-12(11-16-5-2)7-8-13(14)15/h1,7-8,10,16H,5-6,9,11H2,2-3H3. The zero-order valence-corrected chi connectivity index (χ0v) is 12.5. The Kier molecular flexibility index (Phi) is 6.14. The molecule has 1 N–H and O–H groups in total. The van der Waals surface area contributed by atoms with E-state index in [1.807, 2.05) is 6.92 Å². The molecule has 0 amide bonds. The van der Waals surface area contributed by atoms with E-state index in [2.05, 4.69) is 11.2 Å². The first-order valence-corrected chi connectivity index (χ1v) is 7.84. The first kappa shape index (κ1) is 16.6. The fourth-order valence-electron chi connectivity index (χ4n) is 1.73. The van der Waals surface area contributed by atoms with Crippen molar-refractivity contribution in [1.29, 1.82) is 0 Å². The topological polar surface area (TPSA) is 49.4 Å². The van der Waals surface area contributed by atoms with E-state index in [4.69, 9.17) is 6.42 Å². The Morgan fingerprint density at radius 1 is 1.40 bits per heavy atom. The largest absolute Gasteiger partial charge is 0.313 e. The first-order valence-electron chi connectivity index (χ1n) is 6.40. The van der Waals surface area contributed by atoms with Crippen LogP contribution in [0.5, 0.6) is 0 Å². The number of rotatable bonds is 7. The maximum absolute atomic E-state index is 13.8. The number of hydrogen-bond donors (Lipinski definition) is 1. The predicted octanol–water partition coefficient (Wildman–Crippen LogP) is 1.58. The summed E-state index contributed by atoms with van der Waals surface area (Å²) in [6, 6.07) is 4.09. The molecule has 0 spiro atoms. The molecular weight excluding hydrogens is 279 g/mol. The molecule has 0 heterocycles. The van der Waals surface area contributed by atoms with Gasteiger partial charge in [-0.3, -0.25) is 0 Å². The molecule has 1 aromatic carbocycles. The van der Waals surface area contributed by atoms with Gasteiger partial charge in [0.05, 0.1) is 6.54 Å². The Balaban J connectivity index is 3.19. The van der Waals surface area contributed by atoms with Crippen LogP contribution in [0, 0.1) is 18.2 Å². The molecule has 0 aliphatic heterocycles. The molecule has 1 rings (SSSR count). The fraction of sp³-hybridized carbons (Fsp3) is 0.429. The van der Waals surface area contributed by atoms with Crippen molar-refractivity contribution in [2.24, 2.45) is 0 Å². The highest BCUT2D eigenvalue weighted by atomic mass is 32.2. The van der Waals surface area contributed by atoms with Gasteiger partial charge in [-0.15, -0.1) is 6.42 Å². The van der Waals surface area contributed by atoms with E-state index in [-0.39, 0.29) is 18.0 Å². The van der Waals surface area contributed by atoms with Crippen molar-refractivity contribution in [3.63, 3.8) is 0 Å². The second-order valence-corrected chi connectivity index (χ2v) is 6.09. The maximum atomic E-state index is 13.8. The number of terminal acetylenes is 1. The van der Waals surface area contributed by atoms with E-state index in [1.165, 1.54) is 12.1 Å². The van der Waals surface area contributed by atoms with Gasteiger partial charge in [0.2, 0.25) is 10.0 Å². The molecule has 0 aromatic heterocycles. The molecule has 0 aliphatic carbocycles. The number of benzene rings is 1. The SMILES string of the molecule is C#CCN(CC)S(=O)(=O)c1cc(CNCC)ccc1F. The van der Waals surface area contributed by atoms with Crippen molar-refractivity contribution < 1.29 is 12.8 Å². The summed E-state index contributed by atoms with van der Waals surface area (Å²) in [4.78, 5) is -0.329. The summed E-state index contributed by atoms with van der Waals surface area (Å²) in [7, 11) is -3.90. The summed E-state index contributed by atoms with van der Waals surface area (Å²) in [5.41, 5.74) is 0.712. The number of hydrogen-bond acceptors (Lipinski definition) is 3. The van der Waals surface area contributed by atoms with E-state index in [1.54, 1.807) is 13.0 Å². The summed E-state index contributed by atoms with van der Waals surface area (Å²) in [6.07, 6.45) is 5.15. The molecule has 110 valence electrons. The molecule has 0 aliphatic rings. The third kappa shape index (κ3) is 3.79. The summed E-state index contributed by atoms with van der Waals surface area (Å²) in [5.74, 6) is 1.51. The van der Waals surface area contributed by atoms with Crippen molar-refractivity contribution in [2.45, 2.75) is 25.3 Å². The second-order valence-electron chi connectivity index (χ2n) is 4.18. The van der Waals surface area contributed by atoms with Gasteiger partial charge in [-0.2, -0.15) is 4.31 Å². The van der Waals surface area contributed by atoms with Crippen LogP contribution < -0.4 is 5.32 Å². The normalized spacial score (nSPS) is 11.6. The molecule has 0 unspecified atom stereocenters. The van der Waals surface area contributed by atoms with Crippen LogP contribution in [-0.4, -0.2) is 32.4 Å². The van der Waals surface area contributed by atoms with E-state index in [9.17, 15) is 12.8 Å². The highest BCUT2D eigenvalue weighted by Gasteiger charge is 2.26. The molecule has 0 radical (unpaired) electrons. The Morgan fingerprint density at radius 2 is 2.10 bits per heavy atom. The third-order valence-electron chi connectivity index (χ3n) is 2.81. The molecule has 0 saturated carbocycles. The van der Waals surface area contributed by atoms with E-state index in [0.717, 1.165) is 10.8 Å². The van der Waals surface area contributed by atoms with Crippen LogP contribution in [0.25, 0.3) is 0 Å². The molecular formula is C14H19FN2O2S. The van der Waals surface area contributed by atoms with Crippen molar-refractivity contribution in [1.82, 2.24) is 9.62 Å². The zero-order chi connectivity index (χ0) is 15.2. The molecule has 0 bridgehead atoms. The summed E-state index contributed by atoms with van der Waals surface area (Å²) < 4.78 is 39.7. The minimum atomic E-state index is -3.90. The molecule has 4 nitrogen and oxygen atoms in total. The Bertz CT molecular complexity index is 594. The third-order valence-corrected chi connectivity index (χ3v) is 4.75. The number of halogens is 1. The van der Waals surface area contributed by atoms with Crippen LogP contribution in [0.3, 0.4) is 0 Å². The van der Waals surface area contributed by atoms with E-state index in [0.29, 0.717) is 12.1 Å². The average Bonchev–Trinajstić information content (AvgIpc) is 2.43. The van der Waals surface area contributed by atoms with Gasteiger partial charge < -0.3 is 5.32 Å². The van der Waals surface area contributed by atoms with Crippen LogP contribution in [0.1, 0.15) is 19.4 Å². The Morgan fingerprint density at radius 3 is 2.65 bits per heavy atom. The quantitative estimate of drug-likeness (QED) is 0.778. The fourth-order valence-corrected chi connectivity index (χ4v) is 3.21. The van der Waals surface area contributed by atoms with Crippen molar-refractivity contribution in [3.8, 4) is 12.3 Å². The first-order chi connectivity index (χ1) is 9.47. The lowest BCUT2D eigenvalue weighted by atomic mass is 10.2. The summed E-state index contributed by atoms with van der Waals surface area (Å²) in [6.45, 7) is 4.96. The van der Waals surface area contributed by atoms with Crippen LogP contribution in [-0.2, 0) is 16.6 Å². The number of nitrogens with one attached hydrogen (secondary N) is 1. The Labute approximate surface area is 120 Å². The van der Waals surface area contributed by atoms with Crippen molar-refractivity contribution >= 4 is 10.0 Å². The molecule has 0 atom stereocenters. The lowest BCUT2D eigenvalue weighted by molar-refractivity contribution is 0.457. The molecule has 0 saturated heterocycles. The van der Waals surface area contributed by atoms with Crippen LogP contribution in [0.4, 0.5) is 4.39 Å². The second kappa shape index (κ2) is 7.39. The van der Waals surface area contributed by atoms with Crippen LogP contribution >= 0.6 is 0 Å². The highest BCUT2D eigenvalue weighted by molar-refractivity contribution is 7.89. The van der Waals surface area contributed by atoms with Gasteiger partial charge in [0.25, 0.3) is 0 Å². The van der Waals surface area contributed by atoms with Gasteiger partial charge in [-0.05, 0) is 24.2 Å². The predicted molar refractivity (Wildman–Crippen MR) is 77.0 cm³/mol. The number of sulfonamides is 1. The minimum absolute atomic E-state index is 0.0737. The maximum Gasteiger partial charge on any atom is 0.246 e. The summed E-state index contributed by atoms with van der Waals surface area (Å²) in [5, 5.41) is 3.07. The lowest BCUT2D eigenvalue weighted by Gasteiger charge is -2.18. The zero-order valence-electron chi connectivity index (χ0n) is 11.7. The molecule has 0 fully saturated rings. The Hall–Kier alpha value is -1.42. The molecule has 1 aromatic rings. The van der Waals surface area contributed by atoms with Crippen molar-refractivity contribution in [2.75, 3.05) is 19.6 Å².